The highest BCUT2D eigenvalue weighted by molar-refractivity contribution is 6.16. The molecule has 1 aromatic heterocycles. The highest BCUT2D eigenvalue weighted by Crippen LogP contribution is 2.64. The number of furan rings is 1. The number of rotatable bonds is 3. The zero-order valence-corrected chi connectivity index (χ0v) is 24.4. The molecule has 0 fully saturated rings. The predicted octanol–water partition coefficient (Wildman–Crippen LogP) is 11.3. The van der Waals surface area contributed by atoms with Gasteiger partial charge in [-0.3, -0.25) is 0 Å². The Labute approximate surface area is 261 Å². The van der Waals surface area contributed by atoms with Crippen LogP contribution in [0.5, 0.6) is 0 Å². The first-order chi connectivity index (χ1) is 22.3. The Kier molecular flexibility index (Phi) is 4.95. The van der Waals surface area contributed by atoms with Gasteiger partial charge in [0.15, 0.2) is 0 Å². The number of para-hydroxylation sites is 1. The minimum Gasteiger partial charge on any atom is -0.455 e. The predicted molar refractivity (Wildman–Crippen MR) is 185 cm³/mol. The number of fused-ring (bicyclic) bond motifs is 13. The fraction of sp³-hybridized carbons (Fsp3) is 0.0233. The van der Waals surface area contributed by atoms with Crippen LogP contribution in [-0.4, -0.2) is 0 Å². The second-order valence-corrected chi connectivity index (χ2v) is 12.1. The minimum absolute atomic E-state index is 0.369. The molecule has 0 amide bonds. The van der Waals surface area contributed by atoms with Gasteiger partial charge in [-0.05, 0) is 68.8 Å². The van der Waals surface area contributed by atoms with Gasteiger partial charge in [0.1, 0.15) is 11.2 Å². The Balaban J connectivity index is 1.24. The van der Waals surface area contributed by atoms with Crippen LogP contribution in [0, 0.1) is 0 Å². The monoisotopic (exact) mass is 573 g/mol. The molecule has 0 saturated heterocycles. The van der Waals surface area contributed by atoms with Gasteiger partial charge in [0.25, 0.3) is 0 Å². The Bertz CT molecular complexity index is 2420. The molecular formula is C43H27NO. The summed E-state index contributed by atoms with van der Waals surface area (Å²) in [5.74, 6) is 0. The van der Waals surface area contributed by atoms with Gasteiger partial charge < -0.3 is 9.73 Å². The SMILES string of the molecule is c1ccc(-c2ccc(Nc3cccc4c3-c3ccccc3C43c4ccccc4-c4ccccc43)c3c2oc2ccccc23)cc1. The third-order valence-corrected chi connectivity index (χ3v) is 9.90. The van der Waals surface area contributed by atoms with E-state index in [-0.39, 0.29) is 5.41 Å². The average molecular weight is 574 g/mol. The van der Waals surface area contributed by atoms with E-state index in [9.17, 15) is 0 Å². The Hall–Kier alpha value is -5.86. The maximum Gasteiger partial charge on any atom is 0.145 e. The van der Waals surface area contributed by atoms with E-state index in [4.69, 9.17) is 4.42 Å². The number of hydrogen-bond donors (Lipinski definition) is 1. The highest BCUT2D eigenvalue weighted by Gasteiger charge is 2.51. The van der Waals surface area contributed by atoms with Crippen LogP contribution in [0.15, 0.2) is 162 Å². The van der Waals surface area contributed by atoms with Crippen LogP contribution >= 0.6 is 0 Å². The van der Waals surface area contributed by atoms with Crippen LogP contribution in [0.1, 0.15) is 22.3 Å². The Morgan fingerprint density at radius 3 is 1.78 bits per heavy atom. The molecule has 2 aliphatic carbocycles. The smallest absolute Gasteiger partial charge is 0.145 e. The lowest BCUT2D eigenvalue weighted by molar-refractivity contribution is 0.670. The van der Waals surface area contributed by atoms with Crippen molar-refractivity contribution in [3.63, 3.8) is 0 Å². The van der Waals surface area contributed by atoms with Gasteiger partial charge in [-0.1, -0.05) is 133 Å². The van der Waals surface area contributed by atoms with Gasteiger partial charge in [0.05, 0.1) is 16.5 Å². The van der Waals surface area contributed by atoms with Crippen LogP contribution in [0.3, 0.4) is 0 Å². The topological polar surface area (TPSA) is 25.2 Å². The first-order valence-electron chi connectivity index (χ1n) is 15.5. The van der Waals surface area contributed by atoms with E-state index in [0.29, 0.717) is 0 Å². The molecule has 2 nitrogen and oxygen atoms in total. The Morgan fingerprint density at radius 1 is 0.422 bits per heavy atom. The van der Waals surface area contributed by atoms with Gasteiger partial charge in [0, 0.05) is 22.2 Å². The lowest BCUT2D eigenvalue weighted by Crippen LogP contribution is -2.25. The first kappa shape index (κ1) is 24.6. The molecule has 2 aliphatic rings. The molecule has 7 aromatic carbocycles. The van der Waals surface area contributed by atoms with Crippen molar-refractivity contribution >= 4 is 33.3 Å². The lowest BCUT2D eigenvalue weighted by Gasteiger charge is -2.30. The van der Waals surface area contributed by atoms with Gasteiger partial charge in [-0.15, -0.1) is 0 Å². The number of benzene rings is 7. The largest absolute Gasteiger partial charge is 0.455 e. The zero-order valence-electron chi connectivity index (χ0n) is 24.4. The normalized spacial score (nSPS) is 13.5. The molecule has 2 heteroatoms. The van der Waals surface area contributed by atoms with E-state index in [0.717, 1.165) is 44.4 Å². The van der Waals surface area contributed by atoms with E-state index < -0.39 is 0 Å². The molecule has 1 spiro atoms. The van der Waals surface area contributed by atoms with Crippen molar-refractivity contribution in [2.24, 2.45) is 0 Å². The summed E-state index contributed by atoms with van der Waals surface area (Å²) in [6.07, 6.45) is 0. The first-order valence-corrected chi connectivity index (χ1v) is 15.5. The molecule has 0 unspecified atom stereocenters. The van der Waals surface area contributed by atoms with Gasteiger partial charge in [0.2, 0.25) is 0 Å². The van der Waals surface area contributed by atoms with E-state index in [1.807, 2.05) is 6.07 Å². The number of nitrogens with one attached hydrogen (secondary N) is 1. The number of anilines is 2. The van der Waals surface area contributed by atoms with Gasteiger partial charge in [-0.25, -0.2) is 0 Å². The molecule has 10 rings (SSSR count). The summed E-state index contributed by atoms with van der Waals surface area (Å²) in [5.41, 5.74) is 16.3. The summed E-state index contributed by atoms with van der Waals surface area (Å²) in [4.78, 5) is 0. The molecule has 0 aliphatic heterocycles. The summed E-state index contributed by atoms with van der Waals surface area (Å²) in [6, 6.07) is 56.9. The molecule has 0 atom stereocenters. The van der Waals surface area contributed by atoms with Crippen molar-refractivity contribution in [1.82, 2.24) is 0 Å². The van der Waals surface area contributed by atoms with Crippen LogP contribution < -0.4 is 5.32 Å². The molecule has 0 radical (unpaired) electrons. The summed E-state index contributed by atoms with van der Waals surface area (Å²) in [6.45, 7) is 0. The molecule has 1 heterocycles. The van der Waals surface area contributed by atoms with Crippen LogP contribution in [0.2, 0.25) is 0 Å². The van der Waals surface area contributed by atoms with Gasteiger partial charge >= 0.3 is 0 Å². The van der Waals surface area contributed by atoms with Crippen molar-refractivity contribution in [3.05, 3.63) is 180 Å². The van der Waals surface area contributed by atoms with Crippen molar-refractivity contribution in [3.8, 4) is 33.4 Å². The minimum atomic E-state index is -0.369. The van der Waals surface area contributed by atoms with E-state index in [2.05, 4.69) is 157 Å². The average Bonchev–Trinajstić information content (AvgIpc) is 3.74. The van der Waals surface area contributed by atoms with E-state index in [1.54, 1.807) is 0 Å². The summed E-state index contributed by atoms with van der Waals surface area (Å²) in [5, 5.41) is 6.15. The fourth-order valence-electron chi connectivity index (χ4n) is 8.17. The highest BCUT2D eigenvalue weighted by atomic mass is 16.3. The van der Waals surface area contributed by atoms with Gasteiger partial charge in [-0.2, -0.15) is 0 Å². The summed E-state index contributed by atoms with van der Waals surface area (Å²) in [7, 11) is 0. The van der Waals surface area contributed by atoms with Crippen molar-refractivity contribution in [2.75, 3.05) is 5.32 Å². The summed E-state index contributed by atoms with van der Waals surface area (Å²) >= 11 is 0. The van der Waals surface area contributed by atoms with Crippen molar-refractivity contribution in [1.29, 1.82) is 0 Å². The molecule has 45 heavy (non-hydrogen) atoms. The molecule has 0 bridgehead atoms. The standard InChI is InChI=1S/C43H27NO/c1-2-13-27(14-3-1)28-25-26-38(41-32-18-7-11-24-39(32)45-42(28)41)44-37-23-12-22-36-40(37)31-17-6-10-21-35(31)43(36)33-19-8-4-15-29(33)30-16-5-9-20-34(30)43/h1-26,44H. The molecule has 210 valence electrons. The second kappa shape index (κ2) is 9.07. The van der Waals surface area contributed by atoms with Crippen molar-refractivity contribution < 1.29 is 4.42 Å². The Morgan fingerprint density at radius 2 is 1.02 bits per heavy atom. The fourth-order valence-corrected chi connectivity index (χ4v) is 8.17. The van der Waals surface area contributed by atoms with E-state index >= 15 is 0 Å². The third kappa shape index (κ3) is 3.18. The molecule has 1 N–H and O–H groups in total. The second-order valence-electron chi connectivity index (χ2n) is 12.1. The maximum atomic E-state index is 6.58. The lowest BCUT2D eigenvalue weighted by atomic mass is 9.70. The van der Waals surface area contributed by atoms with Crippen LogP contribution in [-0.2, 0) is 5.41 Å². The maximum absolute atomic E-state index is 6.58. The number of hydrogen-bond acceptors (Lipinski definition) is 2. The molecule has 8 aromatic rings. The van der Waals surface area contributed by atoms with Crippen LogP contribution in [0.4, 0.5) is 11.4 Å². The van der Waals surface area contributed by atoms with E-state index in [1.165, 1.54) is 44.5 Å². The van der Waals surface area contributed by atoms with Crippen LogP contribution in [0.25, 0.3) is 55.3 Å². The summed E-state index contributed by atoms with van der Waals surface area (Å²) < 4.78 is 6.58. The van der Waals surface area contributed by atoms with Crippen molar-refractivity contribution in [2.45, 2.75) is 5.41 Å². The third-order valence-electron chi connectivity index (χ3n) is 9.90. The zero-order chi connectivity index (χ0) is 29.5. The molecule has 0 saturated carbocycles. The quantitative estimate of drug-likeness (QED) is 0.227. The molecular weight excluding hydrogens is 546 g/mol.